The third kappa shape index (κ3) is 37.9. The van der Waals surface area contributed by atoms with Crippen molar-refractivity contribution in [3.63, 3.8) is 0 Å². The first-order valence-corrected chi connectivity index (χ1v) is 40.7. The molecule has 0 N–H and O–H groups in total. The molecule has 0 bridgehead atoms. The minimum absolute atomic E-state index is 0.0210. The Morgan fingerprint density at radius 1 is 0.383 bits per heavy atom. The maximum atomic E-state index is 11.8. The number of hydrogen-bond donors (Lipinski definition) is 0. The minimum Gasteiger partial charge on any atom is -0.491 e. The molecule has 0 saturated heterocycles. The van der Waals surface area contributed by atoms with E-state index in [1.54, 1.807) is 143 Å². The lowest BCUT2D eigenvalue weighted by atomic mass is 10.1. The summed E-state index contributed by atoms with van der Waals surface area (Å²) in [5.74, 6) is 2.22. The molecule has 676 valence electrons. The van der Waals surface area contributed by atoms with Crippen LogP contribution in [0, 0.1) is 20.8 Å². The van der Waals surface area contributed by atoms with E-state index >= 15 is 0 Å². The molecule has 0 saturated carbocycles. The number of aryl methyl sites for hydroxylation is 3. The molecular formula is C89H103Cl2N19O18. The van der Waals surface area contributed by atoms with Crippen molar-refractivity contribution in [3.05, 3.63) is 204 Å². The molecule has 2 aromatic carbocycles. The maximum Gasteiger partial charge on any atom is 0.334 e. The van der Waals surface area contributed by atoms with Gasteiger partial charge in [0.15, 0.2) is 29.1 Å². The lowest BCUT2D eigenvalue weighted by Gasteiger charge is -2.10. The lowest BCUT2D eigenvalue weighted by molar-refractivity contribution is -0.142. The van der Waals surface area contributed by atoms with Crippen molar-refractivity contribution in [2.24, 2.45) is 0 Å². The molecule has 0 spiro atoms. The van der Waals surface area contributed by atoms with Crippen LogP contribution >= 0.6 is 23.2 Å². The molecule has 0 aliphatic rings. The van der Waals surface area contributed by atoms with Gasteiger partial charge in [0.1, 0.15) is 61.5 Å². The molecule has 0 atom stereocenters. The normalized spacial score (nSPS) is 11.3. The average molecular weight is 1800 g/mol. The number of ether oxygens (including phenoxy) is 12. The predicted octanol–water partition coefficient (Wildman–Crippen LogP) is 14.9. The van der Waals surface area contributed by atoms with Crippen LogP contribution in [0.15, 0.2) is 172 Å². The summed E-state index contributed by atoms with van der Waals surface area (Å²) in [4.78, 5) is 107. The van der Waals surface area contributed by atoms with Crippen molar-refractivity contribution in [2.75, 3.05) is 27.4 Å². The molecule has 37 nitrogen and oxygen atoms in total. The number of carbonyl (C=O) groups is 6. The summed E-state index contributed by atoms with van der Waals surface area (Å²) in [7, 11) is 3.10. The van der Waals surface area contributed by atoms with Crippen LogP contribution in [-0.2, 0) is 68.5 Å². The van der Waals surface area contributed by atoms with Crippen LogP contribution in [-0.4, -0.2) is 200 Å². The Morgan fingerprint density at radius 3 is 1.14 bits per heavy atom. The van der Waals surface area contributed by atoms with Gasteiger partial charge in [0.25, 0.3) is 0 Å². The summed E-state index contributed by atoms with van der Waals surface area (Å²) >= 11 is 12.0. The van der Waals surface area contributed by atoms with Crippen LogP contribution in [0.4, 0.5) is 0 Å². The third-order valence-corrected chi connectivity index (χ3v) is 15.3. The van der Waals surface area contributed by atoms with E-state index in [0.717, 1.165) is 33.6 Å². The fourth-order valence-electron chi connectivity index (χ4n) is 10.1. The van der Waals surface area contributed by atoms with Gasteiger partial charge in [-0.15, -0.1) is 25.5 Å². The number of hydrogen-bond acceptors (Lipinski definition) is 32. The topological polar surface area (TPSA) is 418 Å². The van der Waals surface area contributed by atoms with Crippen molar-refractivity contribution in [1.29, 1.82) is 0 Å². The quantitative estimate of drug-likeness (QED) is 0.00902. The number of aromatic nitrogens is 19. The summed E-state index contributed by atoms with van der Waals surface area (Å²) in [5, 5.41) is 22.3. The standard InChI is InChI=1S/C21H25N3O5.C20H21N5O3.C17H20ClN3O4.C17H22N4O3.C14H15ClN4O3/c1-14(2)28-19(25)6-8-24-13-22-21(23-24)17-10-16(5)11-18(12-17)27-9-7-20(26)29-15(3)4;1-14(2)28-18-11-16(10-15(3)23-18)20-22-13-25(24-20)9-7-19(26)27-12-17-6-4-5-8-21-17;1-12(2)25-16(22)4-5-21-11-19-17(20-21)13-8-14(18)10-15(9-13)24-7-6-23-3;1-11(2)23-15-9-14(8-13(5)19-15)17-18-10-21(20-17)7-6-16(22)24-12(3)4;1-9(2)22-13(20)4-5-19-8-16-14(18-19)10-6-11(15)17-12(7-10)21-3/h6-15H,1-5H3;4-11,13-14H,12H2,1-3H3;4-5,8-12H,6-7H2,1-3H3;6-12H,1-5H3;4-9H,1-3H3/b8-6-,9-7+;9-7-;5-4-;7-6-;5-4-. The highest BCUT2D eigenvalue weighted by atomic mass is 35.5. The molecular weight excluding hydrogens is 1690 g/mol. The summed E-state index contributed by atoms with van der Waals surface area (Å²) < 4.78 is 69.7. The summed E-state index contributed by atoms with van der Waals surface area (Å²) in [6.45, 7) is 32.2. The Bertz CT molecular complexity index is 5630. The van der Waals surface area contributed by atoms with Crippen LogP contribution in [0.2, 0.25) is 10.2 Å². The zero-order chi connectivity index (χ0) is 93.4. The molecule has 0 radical (unpaired) electrons. The first-order chi connectivity index (χ1) is 61.0. The van der Waals surface area contributed by atoms with Crippen LogP contribution in [0.1, 0.15) is 120 Å². The number of halogens is 2. The van der Waals surface area contributed by atoms with Crippen LogP contribution in [0.25, 0.3) is 87.9 Å². The first kappa shape index (κ1) is 101. The monoisotopic (exact) mass is 1800 g/mol. The number of esters is 6. The molecule has 0 aliphatic heterocycles. The van der Waals surface area contributed by atoms with Gasteiger partial charge >= 0.3 is 35.8 Å². The summed E-state index contributed by atoms with van der Waals surface area (Å²) in [6.07, 6.45) is 24.6. The highest BCUT2D eigenvalue weighted by molar-refractivity contribution is 6.31. The maximum absolute atomic E-state index is 11.8. The molecule has 11 aromatic rings. The van der Waals surface area contributed by atoms with Gasteiger partial charge in [0.2, 0.25) is 17.6 Å². The number of nitrogens with zero attached hydrogens (tertiary/aromatic N) is 19. The first-order valence-electron chi connectivity index (χ1n) is 40.0. The largest absolute Gasteiger partial charge is 0.491 e. The van der Waals surface area contributed by atoms with Crippen molar-refractivity contribution in [2.45, 2.75) is 167 Å². The molecule has 9 aromatic heterocycles. The van der Waals surface area contributed by atoms with Gasteiger partial charge in [0.05, 0.1) is 74.5 Å². The second kappa shape index (κ2) is 51.7. The van der Waals surface area contributed by atoms with E-state index in [2.05, 4.69) is 70.3 Å². The van der Waals surface area contributed by atoms with E-state index in [0.29, 0.717) is 93.3 Å². The van der Waals surface area contributed by atoms with Crippen LogP contribution in [0.5, 0.6) is 29.1 Å². The summed E-state index contributed by atoms with van der Waals surface area (Å²) in [6, 6.07) is 26.8. The molecule has 0 amide bonds. The number of rotatable bonds is 34. The molecule has 128 heavy (non-hydrogen) atoms. The van der Waals surface area contributed by atoms with Crippen molar-refractivity contribution in [1.82, 2.24) is 93.8 Å². The highest BCUT2D eigenvalue weighted by Crippen LogP contribution is 2.29. The molecule has 9 heterocycles. The average Bonchev–Trinajstić information content (AvgIpc) is 1.78. The van der Waals surface area contributed by atoms with Gasteiger partial charge in [0, 0.05) is 137 Å². The van der Waals surface area contributed by atoms with Crippen molar-refractivity contribution < 1.29 is 85.6 Å². The Balaban J connectivity index is 0.000000220. The zero-order valence-electron chi connectivity index (χ0n) is 74.3. The Morgan fingerprint density at radius 2 is 0.758 bits per heavy atom. The number of benzene rings is 2. The van der Waals surface area contributed by atoms with E-state index in [9.17, 15) is 28.8 Å². The molecule has 11 rings (SSSR count). The van der Waals surface area contributed by atoms with Crippen molar-refractivity contribution in [3.8, 4) is 86.1 Å². The fraction of sp³-hybridized carbons (Fsp3) is 0.326. The second-order valence-electron chi connectivity index (χ2n) is 28.9. The van der Waals surface area contributed by atoms with Gasteiger partial charge in [-0.2, -0.15) is 0 Å². The van der Waals surface area contributed by atoms with Gasteiger partial charge in [-0.3, -0.25) is 4.98 Å². The minimum atomic E-state index is -0.491. The van der Waals surface area contributed by atoms with Gasteiger partial charge < -0.3 is 56.8 Å². The smallest absolute Gasteiger partial charge is 0.334 e. The van der Waals surface area contributed by atoms with Gasteiger partial charge in [-0.25, -0.2) is 92.0 Å². The van der Waals surface area contributed by atoms with Gasteiger partial charge in [-0.1, -0.05) is 29.3 Å². The molecule has 0 unspecified atom stereocenters. The zero-order valence-corrected chi connectivity index (χ0v) is 75.8. The SMILES string of the molecule is COCCOc1cc(Cl)cc(-c2ncn(/C=C\C(=O)OC(C)C)n2)c1.COc1cc(-c2ncn(/C=C\C(=O)OC(C)C)n2)cc(Cl)n1.Cc1cc(-c2ncn(/C=C\C(=O)OC(C)C)n2)cc(OC(C)C)n1.Cc1cc(-c2ncn(/C=C\C(=O)OCc3ccccn3)n2)cc(OC(C)C)n1.Cc1cc(O/C=C/C(=O)OC(C)C)cc(-c2ncn(/C=C\C(=O)OC(C)C)n2)c1. The third-order valence-electron chi connectivity index (χ3n) is 14.9. The number of methoxy groups -OCH3 is 2. The molecule has 39 heteroatoms. The van der Waals surface area contributed by atoms with Gasteiger partial charge in [-0.05, 0) is 190 Å². The lowest BCUT2D eigenvalue weighted by Crippen LogP contribution is -2.08. The number of carbonyl (C=O) groups excluding carboxylic acids is 6. The Hall–Kier alpha value is -14.5. The van der Waals surface area contributed by atoms with E-state index in [-0.39, 0.29) is 54.5 Å². The van der Waals surface area contributed by atoms with E-state index in [4.69, 9.17) is 80.0 Å². The van der Waals surface area contributed by atoms with Crippen LogP contribution in [0.3, 0.4) is 0 Å². The Labute approximate surface area is 750 Å². The number of pyridine rings is 4. The summed E-state index contributed by atoms with van der Waals surface area (Å²) in [5.41, 5.74) is 6.92. The Kier molecular flexibility index (Phi) is 40.7. The van der Waals surface area contributed by atoms with Crippen molar-refractivity contribution >= 4 is 90.0 Å². The van der Waals surface area contributed by atoms with E-state index in [1.165, 1.54) is 136 Å². The predicted molar refractivity (Wildman–Crippen MR) is 477 cm³/mol. The highest BCUT2D eigenvalue weighted by Gasteiger charge is 2.17. The second-order valence-corrected chi connectivity index (χ2v) is 29.7. The van der Waals surface area contributed by atoms with Crippen LogP contribution < -0.4 is 23.7 Å². The fourth-order valence-corrected chi connectivity index (χ4v) is 10.5. The molecule has 0 fully saturated rings. The van der Waals surface area contributed by atoms with E-state index in [1.807, 2.05) is 78.8 Å². The van der Waals surface area contributed by atoms with E-state index < -0.39 is 35.8 Å². The molecule has 0 aliphatic carbocycles.